The maximum Gasteiger partial charge on any atom is 0.422 e. The summed E-state index contributed by atoms with van der Waals surface area (Å²) >= 11 is 0. The lowest BCUT2D eigenvalue weighted by molar-refractivity contribution is -0.153. The van der Waals surface area contributed by atoms with Gasteiger partial charge in [-0.2, -0.15) is 26.3 Å². The van der Waals surface area contributed by atoms with E-state index >= 15 is 0 Å². The third kappa shape index (κ3) is 5.59. The fourth-order valence-electron chi connectivity index (χ4n) is 3.47. The lowest BCUT2D eigenvalue weighted by atomic mass is 10.2. The molecule has 28 heavy (non-hydrogen) atoms. The van der Waals surface area contributed by atoms with Gasteiger partial charge in [0.05, 0.1) is 0 Å². The fraction of sp³-hybridized carbons (Fsp3) is 0.588. The smallest absolute Gasteiger partial charge is 0.422 e. The van der Waals surface area contributed by atoms with Gasteiger partial charge >= 0.3 is 18.4 Å². The highest BCUT2D eigenvalue weighted by molar-refractivity contribution is 5.90. The Bertz CT molecular complexity index is 700. The first-order valence-corrected chi connectivity index (χ1v) is 8.58. The molecule has 0 heterocycles. The molecule has 2 amide bonds. The van der Waals surface area contributed by atoms with Crippen molar-refractivity contribution in [2.24, 2.45) is 5.92 Å². The number of fused-ring (bicyclic) bond motifs is 1. The van der Waals surface area contributed by atoms with Crippen LogP contribution in [0.15, 0.2) is 18.2 Å². The monoisotopic (exact) mass is 412 g/mol. The molecule has 1 aromatic rings. The van der Waals surface area contributed by atoms with Gasteiger partial charge in [-0.1, -0.05) is 6.42 Å². The molecule has 0 aromatic heterocycles. The molecule has 11 heteroatoms. The molecule has 0 spiro atoms. The molecule has 2 fully saturated rings. The topological polar surface area (TPSA) is 59.6 Å². The number of anilines is 1. The number of ether oxygens (including phenoxy) is 2. The second-order valence-electron chi connectivity index (χ2n) is 7.03. The Balaban J connectivity index is 1.69. The molecule has 156 valence electrons. The van der Waals surface area contributed by atoms with E-state index in [9.17, 15) is 31.1 Å². The zero-order valence-corrected chi connectivity index (χ0v) is 14.5. The van der Waals surface area contributed by atoms with Crippen molar-refractivity contribution in [3.05, 3.63) is 18.2 Å². The zero-order chi connectivity index (χ0) is 20.6. The second kappa shape index (κ2) is 7.25. The van der Waals surface area contributed by atoms with Crippen LogP contribution in [-0.4, -0.2) is 37.1 Å². The van der Waals surface area contributed by atoms with Gasteiger partial charge < -0.3 is 20.1 Å². The lowest BCUT2D eigenvalue weighted by Gasteiger charge is -2.17. The Kier molecular flexibility index (Phi) is 5.28. The molecule has 2 atom stereocenters. The number of halogens is 6. The third-order valence-electron chi connectivity index (χ3n) is 4.71. The van der Waals surface area contributed by atoms with Crippen LogP contribution in [0.5, 0.6) is 11.5 Å². The van der Waals surface area contributed by atoms with Gasteiger partial charge in [0.15, 0.2) is 13.2 Å². The maximum absolute atomic E-state index is 12.3. The Morgan fingerprint density at radius 2 is 1.61 bits per heavy atom. The van der Waals surface area contributed by atoms with Crippen molar-refractivity contribution >= 4 is 11.7 Å². The van der Waals surface area contributed by atoms with Crippen molar-refractivity contribution in [1.29, 1.82) is 0 Å². The molecule has 0 radical (unpaired) electrons. The van der Waals surface area contributed by atoms with E-state index in [1.807, 2.05) is 0 Å². The average Bonchev–Trinajstić information content (AvgIpc) is 3.08. The third-order valence-corrected chi connectivity index (χ3v) is 4.71. The van der Waals surface area contributed by atoms with Gasteiger partial charge in [-0.15, -0.1) is 0 Å². The van der Waals surface area contributed by atoms with Crippen molar-refractivity contribution in [1.82, 2.24) is 5.32 Å². The number of hydrogen-bond donors (Lipinski definition) is 2. The zero-order valence-electron chi connectivity index (χ0n) is 14.5. The number of amides is 2. The van der Waals surface area contributed by atoms with Gasteiger partial charge in [-0.05, 0) is 25.2 Å². The Morgan fingerprint density at radius 3 is 2.04 bits per heavy atom. The van der Waals surface area contributed by atoms with Crippen LogP contribution in [0.3, 0.4) is 0 Å². The molecule has 0 saturated heterocycles. The van der Waals surface area contributed by atoms with Crippen LogP contribution in [-0.2, 0) is 0 Å². The minimum absolute atomic E-state index is 0.0408. The SMILES string of the molecule is O=C(Nc1cc(OCC(F)(F)F)cc(OCC(F)(F)F)c1)N[C@@]12CCC[C@@H]1C2. The predicted molar refractivity (Wildman–Crippen MR) is 86.4 cm³/mol. The van der Waals surface area contributed by atoms with Crippen LogP contribution in [0.25, 0.3) is 0 Å². The molecule has 3 rings (SSSR count). The summed E-state index contributed by atoms with van der Waals surface area (Å²) in [6.07, 6.45) is -5.51. The van der Waals surface area contributed by atoms with Gasteiger partial charge in [0.1, 0.15) is 11.5 Å². The summed E-state index contributed by atoms with van der Waals surface area (Å²) in [6, 6.07) is 2.48. The molecule has 2 N–H and O–H groups in total. The molecule has 2 aliphatic rings. The average molecular weight is 412 g/mol. The van der Waals surface area contributed by atoms with Crippen molar-refractivity contribution < 1.29 is 40.6 Å². The Labute approximate surface area is 156 Å². The van der Waals surface area contributed by atoms with Gasteiger partial charge in [-0.3, -0.25) is 0 Å². The van der Waals surface area contributed by atoms with E-state index in [2.05, 4.69) is 20.1 Å². The number of alkyl halides is 6. The Morgan fingerprint density at radius 1 is 1.04 bits per heavy atom. The lowest BCUT2D eigenvalue weighted by Crippen LogP contribution is -2.39. The number of rotatable bonds is 6. The highest BCUT2D eigenvalue weighted by Gasteiger charge is 2.57. The number of urea groups is 1. The van der Waals surface area contributed by atoms with E-state index in [0.29, 0.717) is 5.92 Å². The summed E-state index contributed by atoms with van der Waals surface area (Å²) in [5.41, 5.74) is -0.287. The fourth-order valence-corrected chi connectivity index (χ4v) is 3.47. The Hall–Kier alpha value is -2.33. The number of nitrogens with one attached hydrogen (secondary N) is 2. The van der Waals surface area contributed by atoms with Gasteiger partial charge in [0.25, 0.3) is 0 Å². The maximum atomic E-state index is 12.3. The highest BCUT2D eigenvalue weighted by atomic mass is 19.4. The molecule has 0 bridgehead atoms. The molecule has 5 nitrogen and oxygen atoms in total. The van der Waals surface area contributed by atoms with Crippen molar-refractivity contribution in [3.8, 4) is 11.5 Å². The summed E-state index contributed by atoms with van der Waals surface area (Å²) in [7, 11) is 0. The predicted octanol–water partition coefficient (Wildman–Crippen LogP) is 4.63. The van der Waals surface area contributed by atoms with Gasteiger partial charge in [-0.25, -0.2) is 4.79 Å². The molecular weight excluding hydrogens is 394 g/mol. The molecule has 2 saturated carbocycles. The minimum Gasteiger partial charge on any atom is -0.484 e. The summed E-state index contributed by atoms with van der Waals surface area (Å²) in [5, 5.41) is 5.26. The summed E-state index contributed by atoms with van der Waals surface area (Å²) in [4.78, 5) is 12.2. The van der Waals surface area contributed by atoms with E-state index < -0.39 is 31.6 Å². The molecule has 2 aliphatic carbocycles. The first-order chi connectivity index (χ1) is 12.9. The van der Waals surface area contributed by atoms with Crippen molar-refractivity contribution in [2.75, 3.05) is 18.5 Å². The van der Waals surface area contributed by atoms with Crippen LogP contribution < -0.4 is 20.1 Å². The molecular formula is C17H18F6N2O3. The normalized spacial score (nSPS) is 23.7. The van der Waals surface area contributed by atoms with Crippen LogP contribution in [0.2, 0.25) is 0 Å². The van der Waals surface area contributed by atoms with E-state index in [0.717, 1.165) is 43.9 Å². The van der Waals surface area contributed by atoms with Crippen molar-refractivity contribution in [3.63, 3.8) is 0 Å². The van der Waals surface area contributed by atoms with Crippen LogP contribution in [0.1, 0.15) is 25.7 Å². The van der Waals surface area contributed by atoms with Crippen LogP contribution in [0, 0.1) is 5.92 Å². The van der Waals surface area contributed by atoms with Crippen molar-refractivity contribution in [2.45, 2.75) is 43.6 Å². The van der Waals surface area contributed by atoms with Gasteiger partial charge in [0, 0.05) is 29.4 Å². The standard InChI is InChI=1S/C17H18F6N2O3/c18-16(19,20)8-27-12-4-11(5-13(6-12)28-9-17(21,22)23)24-14(26)25-15-3-1-2-10(15)7-15/h4-6,10H,1-3,7-9H2,(H2,24,25,26)/t10-,15-/m1/s1. The van der Waals surface area contributed by atoms with Crippen LogP contribution in [0.4, 0.5) is 36.8 Å². The largest absolute Gasteiger partial charge is 0.484 e. The summed E-state index contributed by atoms with van der Waals surface area (Å²) < 4.78 is 83.2. The number of hydrogen-bond acceptors (Lipinski definition) is 3. The molecule has 0 unspecified atom stereocenters. The van der Waals surface area contributed by atoms with E-state index in [-0.39, 0.29) is 22.7 Å². The van der Waals surface area contributed by atoms with E-state index in [1.165, 1.54) is 0 Å². The quantitative estimate of drug-likeness (QED) is 0.670. The minimum atomic E-state index is -4.63. The number of carbonyl (C=O) groups excluding carboxylic acids is 1. The first kappa shape index (κ1) is 20.4. The number of benzene rings is 1. The number of carbonyl (C=O) groups is 1. The molecule has 0 aliphatic heterocycles. The van der Waals surface area contributed by atoms with E-state index in [4.69, 9.17) is 0 Å². The van der Waals surface area contributed by atoms with Crippen LogP contribution >= 0.6 is 0 Å². The highest BCUT2D eigenvalue weighted by Crippen LogP contribution is 2.55. The van der Waals surface area contributed by atoms with Gasteiger partial charge in [0.2, 0.25) is 0 Å². The molecule has 1 aromatic carbocycles. The second-order valence-corrected chi connectivity index (χ2v) is 7.03. The summed E-state index contributed by atoms with van der Waals surface area (Å²) in [6.45, 7) is -3.27. The van der Waals surface area contributed by atoms with E-state index in [1.54, 1.807) is 0 Å². The first-order valence-electron chi connectivity index (χ1n) is 8.58. The summed E-state index contributed by atoms with van der Waals surface area (Å²) in [5.74, 6) is -0.336.